The molecule has 0 bridgehead atoms. The van der Waals surface area contributed by atoms with E-state index in [0.717, 1.165) is 11.3 Å². The Morgan fingerprint density at radius 1 is 1.03 bits per heavy atom. The molecule has 0 atom stereocenters. The topological polar surface area (TPSA) is 83.5 Å². The van der Waals surface area contributed by atoms with Gasteiger partial charge in [0.05, 0.1) is 26.5 Å². The summed E-state index contributed by atoms with van der Waals surface area (Å²) in [6.45, 7) is 1.31. The van der Waals surface area contributed by atoms with E-state index in [1.807, 2.05) is 21.6 Å². The Morgan fingerprint density at radius 3 is 2.48 bits per heavy atom. The van der Waals surface area contributed by atoms with Gasteiger partial charge in [-0.1, -0.05) is 23.7 Å². The molecule has 3 heterocycles. The molecule has 2 aromatic heterocycles. The quantitative estimate of drug-likeness (QED) is 0.449. The lowest BCUT2D eigenvalue weighted by atomic mass is 10.2. The number of aryl methyl sites for hydroxylation is 1. The maximum Gasteiger partial charge on any atom is 0.332 e. The molecule has 0 spiro atoms. The third-order valence-corrected chi connectivity index (χ3v) is 6.18. The number of methoxy groups -OCH3 is 2. The second-order valence-corrected chi connectivity index (χ2v) is 8.22. The predicted octanol–water partition coefficient (Wildman–Crippen LogP) is 2.77. The van der Waals surface area contributed by atoms with Crippen LogP contribution in [0.2, 0.25) is 5.02 Å². The molecular weight excluding hydrogens is 446 g/mol. The van der Waals surface area contributed by atoms with Gasteiger partial charge in [-0.2, -0.15) is 4.98 Å². The Balaban J connectivity index is 1.65. The number of hydrogen-bond acceptors (Lipinski definition) is 6. The van der Waals surface area contributed by atoms with Crippen LogP contribution in [0.3, 0.4) is 0 Å². The highest BCUT2D eigenvalue weighted by Gasteiger charge is 2.30. The number of rotatable bonds is 5. The molecule has 33 heavy (non-hydrogen) atoms. The summed E-state index contributed by atoms with van der Waals surface area (Å²) in [5.41, 5.74) is 1.57. The van der Waals surface area contributed by atoms with Crippen LogP contribution in [-0.2, 0) is 20.1 Å². The Bertz CT molecular complexity index is 1490. The van der Waals surface area contributed by atoms with Crippen LogP contribution in [0.25, 0.3) is 11.2 Å². The number of imidazole rings is 1. The first kappa shape index (κ1) is 21.1. The van der Waals surface area contributed by atoms with Crippen LogP contribution < -0.4 is 25.6 Å². The molecule has 0 fully saturated rings. The standard InChI is InChI=1S/C23H22ClN5O4/c1-26-20-19(21(30)29(23(26)31)13-14-4-6-15(24)7-5-14)28-11-10-27(22(28)25-20)17-9-8-16(32-2)12-18(17)33-3/h4-9,12H,10-11,13H2,1-3H3. The van der Waals surface area contributed by atoms with Crippen molar-refractivity contribution < 1.29 is 9.47 Å². The molecule has 0 radical (unpaired) electrons. The van der Waals surface area contributed by atoms with Crippen molar-refractivity contribution in [3.8, 4) is 11.5 Å². The van der Waals surface area contributed by atoms with Gasteiger partial charge in [-0.25, -0.2) is 4.79 Å². The average Bonchev–Trinajstić information content (AvgIpc) is 3.41. The van der Waals surface area contributed by atoms with Gasteiger partial charge in [-0.3, -0.25) is 13.9 Å². The summed E-state index contributed by atoms with van der Waals surface area (Å²) < 4.78 is 15.4. The largest absolute Gasteiger partial charge is 0.497 e. The summed E-state index contributed by atoms with van der Waals surface area (Å²) in [5.74, 6) is 1.89. The van der Waals surface area contributed by atoms with Crippen LogP contribution >= 0.6 is 11.6 Å². The van der Waals surface area contributed by atoms with Crippen molar-refractivity contribution >= 4 is 34.4 Å². The number of ether oxygens (including phenoxy) is 2. The zero-order valence-electron chi connectivity index (χ0n) is 18.4. The minimum Gasteiger partial charge on any atom is -0.497 e. The molecule has 0 aliphatic carbocycles. The van der Waals surface area contributed by atoms with E-state index in [-0.39, 0.29) is 12.1 Å². The van der Waals surface area contributed by atoms with E-state index < -0.39 is 5.69 Å². The molecule has 2 aromatic carbocycles. The molecule has 10 heteroatoms. The predicted molar refractivity (Wildman–Crippen MR) is 126 cm³/mol. The zero-order chi connectivity index (χ0) is 23.3. The van der Waals surface area contributed by atoms with E-state index in [1.54, 1.807) is 51.6 Å². The number of anilines is 2. The van der Waals surface area contributed by atoms with Crippen molar-refractivity contribution in [3.63, 3.8) is 0 Å². The minimum atomic E-state index is -0.423. The lowest BCUT2D eigenvalue weighted by Gasteiger charge is -2.19. The number of aromatic nitrogens is 4. The third-order valence-electron chi connectivity index (χ3n) is 5.93. The molecule has 4 aromatic rings. The summed E-state index contributed by atoms with van der Waals surface area (Å²) in [5, 5.41) is 0.595. The van der Waals surface area contributed by atoms with Crippen LogP contribution in [0.4, 0.5) is 11.6 Å². The SMILES string of the molecule is COc1ccc(N2CCn3c2nc2c3c(=O)n(Cc3ccc(Cl)cc3)c(=O)n2C)c(OC)c1. The highest BCUT2D eigenvalue weighted by atomic mass is 35.5. The number of fused-ring (bicyclic) bond motifs is 3. The first-order valence-corrected chi connectivity index (χ1v) is 10.7. The molecule has 9 nitrogen and oxygen atoms in total. The highest BCUT2D eigenvalue weighted by molar-refractivity contribution is 6.30. The minimum absolute atomic E-state index is 0.148. The van der Waals surface area contributed by atoms with Crippen LogP contribution in [0.15, 0.2) is 52.1 Å². The Morgan fingerprint density at radius 2 is 1.79 bits per heavy atom. The van der Waals surface area contributed by atoms with Crippen molar-refractivity contribution in [2.45, 2.75) is 13.1 Å². The molecule has 1 aliphatic rings. The van der Waals surface area contributed by atoms with Crippen molar-refractivity contribution in [1.29, 1.82) is 0 Å². The Kier molecular flexibility index (Phi) is 5.13. The van der Waals surface area contributed by atoms with E-state index in [2.05, 4.69) is 4.98 Å². The van der Waals surface area contributed by atoms with Gasteiger partial charge in [0.25, 0.3) is 5.56 Å². The van der Waals surface area contributed by atoms with E-state index in [1.165, 1.54) is 9.13 Å². The summed E-state index contributed by atoms with van der Waals surface area (Å²) >= 11 is 5.97. The molecule has 170 valence electrons. The second-order valence-electron chi connectivity index (χ2n) is 7.78. The molecule has 1 aliphatic heterocycles. The second kappa shape index (κ2) is 8.00. The van der Waals surface area contributed by atoms with Crippen LogP contribution in [0.1, 0.15) is 5.56 Å². The lowest BCUT2D eigenvalue weighted by molar-refractivity contribution is 0.395. The Labute approximate surface area is 194 Å². The number of benzene rings is 2. The lowest BCUT2D eigenvalue weighted by Crippen LogP contribution is -2.40. The molecule has 0 N–H and O–H groups in total. The van der Waals surface area contributed by atoms with Crippen molar-refractivity contribution in [1.82, 2.24) is 18.7 Å². The average molecular weight is 468 g/mol. The first-order chi connectivity index (χ1) is 15.9. The summed E-state index contributed by atoms with van der Waals surface area (Å²) in [6.07, 6.45) is 0. The fourth-order valence-corrected chi connectivity index (χ4v) is 4.35. The van der Waals surface area contributed by atoms with Gasteiger partial charge >= 0.3 is 5.69 Å². The van der Waals surface area contributed by atoms with E-state index >= 15 is 0 Å². The molecule has 0 saturated heterocycles. The van der Waals surface area contributed by atoms with Gasteiger partial charge in [0.1, 0.15) is 11.5 Å². The van der Waals surface area contributed by atoms with Crippen LogP contribution in [0, 0.1) is 0 Å². The zero-order valence-corrected chi connectivity index (χ0v) is 19.2. The van der Waals surface area contributed by atoms with Crippen LogP contribution in [0.5, 0.6) is 11.5 Å². The number of nitrogens with zero attached hydrogens (tertiary/aromatic N) is 5. The summed E-state index contributed by atoms with van der Waals surface area (Å²) in [7, 11) is 4.82. The molecule has 0 saturated carbocycles. The number of halogens is 1. The monoisotopic (exact) mass is 467 g/mol. The van der Waals surface area contributed by atoms with Crippen LogP contribution in [-0.4, -0.2) is 39.4 Å². The Hall–Kier alpha value is -3.72. The van der Waals surface area contributed by atoms with Gasteiger partial charge in [-0.15, -0.1) is 0 Å². The maximum absolute atomic E-state index is 13.4. The molecule has 0 amide bonds. The highest BCUT2D eigenvalue weighted by Crippen LogP contribution is 2.39. The van der Waals surface area contributed by atoms with Crippen molar-refractivity contribution in [2.24, 2.45) is 7.05 Å². The molecule has 0 unspecified atom stereocenters. The van der Waals surface area contributed by atoms with Gasteiger partial charge in [0, 0.05) is 31.2 Å². The van der Waals surface area contributed by atoms with Gasteiger partial charge in [0.15, 0.2) is 11.2 Å². The van der Waals surface area contributed by atoms with Gasteiger partial charge in [0.2, 0.25) is 5.95 Å². The maximum atomic E-state index is 13.4. The summed E-state index contributed by atoms with van der Waals surface area (Å²) in [4.78, 5) is 33.1. The normalized spacial score (nSPS) is 12.9. The smallest absolute Gasteiger partial charge is 0.332 e. The van der Waals surface area contributed by atoms with E-state index in [9.17, 15) is 9.59 Å². The molecular formula is C23H22ClN5O4. The van der Waals surface area contributed by atoms with Gasteiger partial charge < -0.3 is 18.9 Å². The fourth-order valence-electron chi connectivity index (χ4n) is 4.23. The number of hydrogen-bond donors (Lipinski definition) is 0. The van der Waals surface area contributed by atoms with Gasteiger partial charge in [-0.05, 0) is 29.8 Å². The fraction of sp³-hybridized carbons (Fsp3) is 0.261. The van der Waals surface area contributed by atoms with E-state index in [4.69, 9.17) is 21.1 Å². The van der Waals surface area contributed by atoms with E-state index in [0.29, 0.717) is 46.7 Å². The first-order valence-electron chi connectivity index (χ1n) is 10.4. The third kappa shape index (κ3) is 3.36. The molecule has 5 rings (SSSR count). The van der Waals surface area contributed by atoms with Crippen molar-refractivity contribution in [3.05, 3.63) is 73.9 Å². The van der Waals surface area contributed by atoms with Crippen molar-refractivity contribution in [2.75, 3.05) is 25.7 Å². The summed E-state index contributed by atoms with van der Waals surface area (Å²) in [6, 6.07) is 12.6.